The highest BCUT2D eigenvalue weighted by Crippen LogP contribution is 2.22. The molecule has 3 N–H and O–H groups in total. The molecule has 5 heteroatoms. The third-order valence-corrected chi connectivity index (χ3v) is 2.87. The van der Waals surface area contributed by atoms with Gasteiger partial charge >= 0.3 is 0 Å². The zero-order chi connectivity index (χ0) is 11.5. The van der Waals surface area contributed by atoms with Crippen LogP contribution >= 0.6 is 0 Å². The first-order valence-corrected chi connectivity index (χ1v) is 5.71. The lowest BCUT2D eigenvalue weighted by Gasteiger charge is -2.05. The second kappa shape index (κ2) is 4.65. The largest absolute Gasteiger partial charge is 0.393 e. The number of amides is 1. The van der Waals surface area contributed by atoms with E-state index in [2.05, 4.69) is 15.5 Å². The van der Waals surface area contributed by atoms with Crippen molar-refractivity contribution in [2.45, 2.75) is 38.7 Å². The first-order chi connectivity index (χ1) is 7.68. The van der Waals surface area contributed by atoms with Crippen LogP contribution in [-0.2, 0) is 12.8 Å². The van der Waals surface area contributed by atoms with E-state index in [-0.39, 0.29) is 12.0 Å². The maximum atomic E-state index is 11.8. The van der Waals surface area contributed by atoms with Gasteiger partial charge in [-0.3, -0.25) is 9.89 Å². The number of aryl methyl sites for hydroxylation is 1. The number of nitrogens with zero attached hydrogens (tertiary/aromatic N) is 1. The zero-order valence-corrected chi connectivity index (χ0v) is 9.42. The molecular weight excluding hydrogens is 206 g/mol. The molecule has 1 aliphatic carbocycles. The molecule has 0 aliphatic heterocycles. The molecule has 1 amide bonds. The number of rotatable bonds is 4. The summed E-state index contributed by atoms with van der Waals surface area (Å²) in [6, 6.07) is 0. The highest BCUT2D eigenvalue weighted by Gasteiger charge is 2.22. The Morgan fingerprint density at radius 1 is 1.62 bits per heavy atom. The van der Waals surface area contributed by atoms with Crippen molar-refractivity contribution in [3.05, 3.63) is 17.0 Å². The number of carbonyl (C=O) groups excluding carboxylic acids is 1. The predicted octanol–water partition coefficient (Wildman–Crippen LogP) is 0.399. The molecule has 16 heavy (non-hydrogen) atoms. The lowest BCUT2D eigenvalue weighted by Crippen LogP contribution is -2.27. The fourth-order valence-corrected chi connectivity index (χ4v) is 1.99. The van der Waals surface area contributed by atoms with Crippen LogP contribution in [0.1, 0.15) is 41.5 Å². The Morgan fingerprint density at radius 2 is 2.44 bits per heavy atom. The summed E-state index contributed by atoms with van der Waals surface area (Å²) in [7, 11) is 0. The van der Waals surface area contributed by atoms with Crippen molar-refractivity contribution in [1.29, 1.82) is 0 Å². The van der Waals surface area contributed by atoms with Gasteiger partial charge in [0.15, 0.2) is 5.69 Å². The maximum Gasteiger partial charge on any atom is 0.272 e. The molecule has 0 saturated heterocycles. The Labute approximate surface area is 94.2 Å². The monoisotopic (exact) mass is 223 g/mol. The van der Waals surface area contributed by atoms with E-state index >= 15 is 0 Å². The average Bonchev–Trinajstić information content (AvgIpc) is 2.76. The van der Waals surface area contributed by atoms with Crippen LogP contribution in [0.5, 0.6) is 0 Å². The lowest BCUT2D eigenvalue weighted by atomic mass is 10.2. The molecule has 1 unspecified atom stereocenters. The number of carbonyl (C=O) groups is 1. The summed E-state index contributed by atoms with van der Waals surface area (Å²) < 4.78 is 0. The van der Waals surface area contributed by atoms with Gasteiger partial charge in [0.25, 0.3) is 5.91 Å². The van der Waals surface area contributed by atoms with Crippen LogP contribution in [-0.4, -0.2) is 33.9 Å². The van der Waals surface area contributed by atoms with E-state index in [0.717, 1.165) is 30.5 Å². The van der Waals surface area contributed by atoms with Gasteiger partial charge in [-0.2, -0.15) is 5.10 Å². The van der Waals surface area contributed by atoms with Crippen LogP contribution in [0.3, 0.4) is 0 Å². The number of aromatic nitrogens is 2. The third kappa shape index (κ3) is 2.24. The zero-order valence-electron chi connectivity index (χ0n) is 9.42. The second-order valence-electron chi connectivity index (χ2n) is 4.28. The van der Waals surface area contributed by atoms with E-state index in [4.69, 9.17) is 5.11 Å². The lowest BCUT2D eigenvalue weighted by molar-refractivity contribution is 0.0939. The Hall–Kier alpha value is -1.36. The molecule has 0 spiro atoms. The molecule has 5 nitrogen and oxygen atoms in total. The van der Waals surface area contributed by atoms with E-state index in [1.54, 1.807) is 6.92 Å². The van der Waals surface area contributed by atoms with Crippen LogP contribution in [0, 0.1) is 0 Å². The van der Waals surface area contributed by atoms with Crippen molar-refractivity contribution in [3.63, 3.8) is 0 Å². The summed E-state index contributed by atoms with van der Waals surface area (Å²) in [6.07, 6.45) is 3.20. The Bertz CT molecular complexity index is 385. The van der Waals surface area contributed by atoms with Gasteiger partial charge in [-0.15, -0.1) is 0 Å². The number of H-pyrrole nitrogens is 1. The minimum absolute atomic E-state index is 0.139. The van der Waals surface area contributed by atoms with E-state index in [9.17, 15) is 4.79 Å². The number of hydrogen-bond acceptors (Lipinski definition) is 3. The molecule has 2 rings (SSSR count). The van der Waals surface area contributed by atoms with Gasteiger partial charge in [0.05, 0.1) is 6.10 Å². The molecule has 88 valence electrons. The molecule has 0 bridgehead atoms. The summed E-state index contributed by atoms with van der Waals surface area (Å²) >= 11 is 0. The second-order valence-corrected chi connectivity index (χ2v) is 4.28. The van der Waals surface area contributed by atoms with Crippen molar-refractivity contribution >= 4 is 5.91 Å². The topological polar surface area (TPSA) is 78.0 Å². The normalized spacial score (nSPS) is 15.9. The Kier molecular flexibility index (Phi) is 3.24. The predicted molar refractivity (Wildman–Crippen MR) is 59.2 cm³/mol. The average molecular weight is 223 g/mol. The molecular formula is C11H17N3O2. The molecule has 0 saturated carbocycles. The number of hydrogen-bond donors (Lipinski definition) is 3. The number of fused-ring (bicyclic) bond motifs is 1. The van der Waals surface area contributed by atoms with Crippen LogP contribution in [0.25, 0.3) is 0 Å². The summed E-state index contributed by atoms with van der Waals surface area (Å²) in [6.45, 7) is 2.19. The highest BCUT2D eigenvalue weighted by molar-refractivity contribution is 5.94. The highest BCUT2D eigenvalue weighted by atomic mass is 16.3. The Balaban J connectivity index is 1.94. The number of aliphatic hydroxyl groups excluding tert-OH is 1. The third-order valence-electron chi connectivity index (χ3n) is 2.87. The van der Waals surface area contributed by atoms with Crippen molar-refractivity contribution in [2.75, 3.05) is 6.54 Å². The minimum Gasteiger partial charge on any atom is -0.393 e. The van der Waals surface area contributed by atoms with Crippen LogP contribution in [0.15, 0.2) is 0 Å². The molecule has 1 heterocycles. The van der Waals surface area contributed by atoms with Gasteiger partial charge < -0.3 is 10.4 Å². The van der Waals surface area contributed by atoms with Crippen LogP contribution < -0.4 is 5.32 Å². The number of aliphatic hydroxyl groups is 1. The van der Waals surface area contributed by atoms with Gasteiger partial charge in [0, 0.05) is 17.8 Å². The SMILES string of the molecule is CC(O)CCNC(=O)c1n[nH]c2c1CCC2. The summed E-state index contributed by atoms with van der Waals surface area (Å²) in [5.41, 5.74) is 2.69. The van der Waals surface area contributed by atoms with Crippen molar-refractivity contribution in [2.24, 2.45) is 0 Å². The molecule has 0 fully saturated rings. The molecule has 0 radical (unpaired) electrons. The van der Waals surface area contributed by atoms with Gasteiger partial charge in [0.2, 0.25) is 0 Å². The number of aromatic amines is 1. The van der Waals surface area contributed by atoms with Crippen molar-refractivity contribution in [3.8, 4) is 0 Å². The van der Waals surface area contributed by atoms with Gasteiger partial charge in [-0.25, -0.2) is 0 Å². The summed E-state index contributed by atoms with van der Waals surface area (Å²) in [4.78, 5) is 11.8. The Morgan fingerprint density at radius 3 is 3.19 bits per heavy atom. The maximum absolute atomic E-state index is 11.8. The summed E-state index contributed by atoms with van der Waals surface area (Å²) in [5, 5.41) is 18.8. The van der Waals surface area contributed by atoms with Crippen LogP contribution in [0.2, 0.25) is 0 Å². The molecule has 1 aromatic rings. The fraction of sp³-hybridized carbons (Fsp3) is 0.636. The van der Waals surface area contributed by atoms with Gasteiger partial charge in [-0.05, 0) is 32.6 Å². The smallest absolute Gasteiger partial charge is 0.272 e. The van der Waals surface area contributed by atoms with Crippen molar-refractivity contribution in [1.82, 2.24) is 15.5 Å². The molecule has 1 aliphatic rings. The molecule has 1 aromatic heterocycles. The minimum atomic E-state index is -0.384. The summed E-state index contributed by atoms with van der Waals surface area (Å²) in [5.74, 6) is -0.139. The van der Waals surface area contributed by atoms with Crippen molar-refractivity contribution < 1.29 is 9.90 Å². The fourth-order valence-electron chi connectivity index (χ4n) is 1.99. The molecule has 0 aromatic carbocycles. The van der Waals surface area contributed by atoms with E-state index in [1.807, 2.05) is 0 Å². The van der Waals surface area contributed by atoms with E-state index in [1.165, 1.54) is 0 Å². The first kappa shape index (κ1) is 11.1. The first-order valence-electron chi connectivity index (χ1n) is 5.71. The van der Waals surface area contributed by atoms with Crippen LogP contribution in [0.4, 0.5) is 0 Å². The van der Waals surface area contributed by atoms with E-state index in [0.29, 0.717) is 18.7 Å². The quantitative estimate of drug-likeness (QED) is 0.691. The van der Waals surface area contributed by atoms with E-state index < -0.39 is 0 Å². The van der Waals surface area contributed by atoms with Gasteiger partial charge in [0.1, 0.15) is 0 Å². The standard InChI is InChI=1S/C11H17N3O2/c1-7(15)5-6-12-11(16)10-8-3-2-4-9(8)13-14-10/h7,15H,2-6H2,1H3,(H,12,16)(H,13,14). The number of nitrogens with one attached hydrogen (secondary N) is 2. The van der Waals surface area contributed by atoms with Gasteiger partial charge in [-0.1, -0.05) is 0 Å². The molecule has 1 atom stereocenters.